The highest BCUT2D eigenvalue weighted by atomic mass is 16.5. The highest BCUT2D eigenvalue weighted by molar-refractivity contribution is 5.32. The van der Waals surface area contributed by atoms with Crippen LogP contribution >= 0.6 is 0 Å². The number of nitrogens with zero attached hydrogens (tertiary/aromatic N) is 2. The topological polar surface area (TPSA) is 62.4 Å². The summed E-state index contributed by atoms with van der Waals surface area (Å²) in [4.78, 5) is 11.8. The van der Waals surface area contributed by atoms with Gasteiger partial charge in [-0.1, -0.05) is 0 Å². The lowest BCUT2D eigenvalue weighted by molar-refractivity contribution is 0.362. The van der Waals surface area contributed by atoms with E-state index < -0.39 is 0 Å². The van der Waals surface area contributed by atoms with Gasteiger partial charge in [0, 0.05) is 7.05 Å². The Morgan fingerprint density at radius 2 is 2.00 bits per heavy atom. The Morgan fingerprint density at radius 1 is 1.75 bits per heavy atom. The zero-order valence-corrected chi connectivity index (χ0v) is 4.71. The molecule has 0 spiro atoms. The lowest BCUT2D eigenvalue weighted by Crippen LogP contribution is -1.55. The van der Waals surface area contributed by atoms with Crippen LogP contribution in [0.3, 0.4) is 0 Å². The van der Waals surface area contributed by atoms with Gasteiger partial charge in [-0.05, 0) is 0 Å². The van der Waals surface area contributed by atoms with E-state index in [4.69, 9.17) is 10.1 Å². The van der Waals surface area contributed by atoms with Crippen LogP contribution in [-0.4, -0.2) is 20.2 Å². The fourth-order valence-electron chi connectivity index (χ4n) is 0. The summed E-state index contributed by atoms with van der Waals surface area (Å²) in [5.74, 6) is 0. The molecule has 0 rings (SSSR count). The van der Waals surface area contributed by atoms with Crippen LogP contribution in [0.5, 0.6) is 0 Å². The van der Waals surface area contributed by atoms with Gasteiger partial charge in [0.25, 0.3) is 6.26 Å². The minimum atomic E-state index is 1.31. The average Bonchev–Trinajstić information content (AvgIpc) is 1.88. The molecule has 0 aromatic carbocycles. The van der Waals surface area contributed by atoms with E-state index in [2.05, 4.69) is 9.73 Å². The van der Waals surface area contributed by atoms with Gasteiger partial charge in [-0.15, -0.1) is 0 Å². The third-order valence-corrected chi connectivity index (χ3v) is 0.183. The molecule has 44 valence electrons. The third kappa shape index (κ3) is 140. The lowest BCUT2D eigenvalue weighted by atomic mass is 11.4. The van der Waals surface area contributed by atoms with Crippen molar-refractivity contribution in [1.82, 2.24) is 0 Å². The fraction of sp³-hybridized carbons (Fsp3) is 0.500. The highest BCUT2D eigenvalue weighted by Crippen LogP contribution is 1.41. The van der Waals surface area contributed by atoms with Gasteiger partial charge in [0.2, 0.25) is 6.08 Å². The van der Waals surface area contributed by atoms with Gasteiger partial charge in [0.15, 0.2) is 0 Å². The smallest absolute Gasteiger partial charge is 0.286 e. The minimum absolute atomic E-state index is 1.31. The van der Waals surface area contributed by atoms with E-state index in [1.165, 1.54) is 26.5 Å². The van der Waals surface area contributed by atoms with Crippen molar-refractivity contribution >= 4 is 6.08 Å². The first-order valence-corrected chi connectivity index (χ1v) is 1.71. The highest BCUT2D eigenvalue weighted by Gasteiger charge is 1.42. The van der Waals surface area contributed by atoms with Crippen molar-refractivity contribution in [2.24, 2.45) is 4.99 Å². The quantitative estimate of drug-likeness (QED) is 0.254. The predicted octanol–water partition coefficient (Wildman–Crippen LogP) is 0.0659. The van der Waals surface area contributed by atoms with Crippen molar-refractivity contribution in [3.8, 4) is 6.26 Å². The van der Waals surface area contributed by atoms with Crippen LogP contribution in [0.15, 0.2) is 4.99 Å². The fourth-order valence-corrected chi connectivity index (χ4v) is 0. The Balaban J connectivity index is 0. The van der Waals surface area contributed by atoms with Crippen molar-refractivity contribution in [3.63, 3.8) is 0 Å². The van der Waals surface area contributed by atoms with Gasteiger partial charge < -0.3 is 4.74 Å². The molecule has 4 nitrogen and oxygen atoms in total. The number of hydrogen-bond donors (Lipinski definition) is 0. The van der Waals surface area contributed by atoms with Gasteiger partial charge in [-0.3, -0.25) is 0 Å². The molecule has 0 aliphatic carbocycles. The Labute approximate surface area is 47.4 Å². The molecule has 0 radical (unpaired) electrons. The second-order valence-corrected chi connectivity index (χ2v) is 0.610. The molecule has 0 aliphatic rings. The number of hydrogen-bond acceptors (Lipinski definition) is 4. The van der Waals surface area contributed by atoms with Crippen LogP contribution in [0.2, 0.25) is 0 Å². The van der Waals surface area contributed by atoms with Crippen LogP contribution in [0.25, 0.3) is 0 Å². The Morgan fingerprint density at radius 3 is 2.00 bits per heavy atom. The summed E-state index contributed by atoms with van der Waals surface area (Å²) in [6.07, 6.45) is 2.74. The molecular formula is C4H6N2O2. The molecule has 0 saturated heterocycles. The maximum absolute atomic E-state index is 8.88. The molecule has 0 atom stereocenters. The number of isocyanates is 1. The first-order chi connectivity index (χ1) is 3.83. The van der Waals surface area contributed by atoms with Gasteiger partial charge in [-0.25, -0.2) is 9.79 Å². The zero-order chi connectivity index (χ0) is 6.83. The van der Waals surface area contributed by atoms with E-state index >= 15 is 0 Å². The van der Waals surface area contributed by atoms with Gasteiger partial charge in [0.05, 0.1) is 7.11 Å². The summed E-state index contributed by atoms with van der Waals surface area (Å²) in [6.45, 7) is 0. The molecule has 0 bridgehead atoms. The number of ether oxygens (including phenoxy) is 1. The summed E-state index contributed by atoms with van der Waals surface area (Å²) in [5.41, 5.74) is 0. The summed E-state index contributed by atoms with van der Waals surface area (Å²) in [6, 6.07) is 0. The molecule has 0 N–H and O–H groups in total. The maximum Gasteiger partial charge on any atom is 0.286 e. The Kier molecular flexibility index (Phi) is 21.3. The van der Waals surface area contributed by atoms with E-state index in [1.807, 2.05) is 0 Å². The molecule has 0 saturated carbocycles. The van der Waals surface area contributed by atoms with E-state index in [0.717, 1.165) is 0 Å². The first kappa shape index (κ1) is 9.83. The molecule has 4 heteroatoms. The van der Waals surface area contributed by atoms with E-state index in [1.54, 1.807) is 0 Å². The van der Waals surface area contributed by atoms with E-state index in [9.17, 15) is 0 Å². The molecule has 0 aromatic rings. The molecule has 0 heterocycles. The van der Waals surface area contributed by atoms with Crippen LogP contribution in [0.1, 0.15) is 0 Å². The molecule has 0 aliphatic heterocycles. The molecule has 0 fully saturated rings. The molecule has 0 aromatic heterocycles. The number of carbonyl (C=O) groups excluding carboxylic acids is 1. The predicted molar refractivity (Wildman–Crippen MR) is 26.7 cm³/mol. The molecule has 0 amide bonds. The van der Waals surface area contributed by atoms with E-state index in [0.29, 0.717) is 0 Å². The van der Waals surface area contributed by atoms with Crippen molar-refractivity contribution in [1.29, 1.82) is 5.26 Å². The van der Waals surface area contributed by atoms with E-state index in [-0.39, 0.29) is 0 Å². The Bertz CT molecular complexity index is 110. The minimum Gasteiger partial charge on any atom is -0.431 e. The summed E-state index contributed by atoms with van der Waals surface area (Å²) >= 11 is 0. The summed E-state index contributed by atoms with van der Waals surface area (Å²) in [7, 11) is 2.70. The second-order valence-electron chi connectivity index (χ2n) is 0.610. The standard InChI is InChI=1S/2C2H3NO/c1-4-2-3;1-3-2-4/h2*1H3. The van der Waals surface area contributed by atoms with Crippen LogP contribution in [0, 0.1) is 11.5 Å². The summed E-state index contributed by atoms with van der Waals surface area (Å²) < 4.78 is 3.85. The van der Waals surface area contributed by atoms with Crippen LogP contribution in [0.4, 0.5) is 0 Å². The maximum atomic E-state index is 8.88. The normalized spacial score (nSPS) is 4.12. The second kappa shape index (κ2) is 17.3. The Hall–Kier alpha value is -1.33. The average molecular weight is 114 g/mol. The molecule has 0 unspecified atom stereocenters. The first-order valence-electron chi connectivity index (χ1n) is 1.71. The van der Waals surface area contributed by atoms with Gasteiger partial charge in [0.1, 0.15) is 0 Å². The van der Waals surface area contributed by atoms with Crippen LogP contribution < -0.4 is 0 Å². The monoisotopic (exact) mass is 114 g/mol. The number of methoxy groups -OCH3 is 1. The zero-order valence-electron chi connectivity index (χ0n) is 4.71. The van der Waals surface area contributed by atoms with Crippen molar-refractivity contribution < 1.29 is 9.53 Å². The number of nitriles is 1. The molecule has 8 heavy (non-hydrogen) atoms. The molecular weight excluding hydrogens is 108 g/mol. The van der Waals surface area contributed by atoms with Crippen LogP contribution in [-0.2, 0) is 9.53 Å². The third-order valence-electron chi connectivity index (χ3n) is 0.183. The van der Waals surface area contributed by atoms with Crippen molar-refractivity contribution in [2.45, 2.75) is 0 Å². The number of rotatable bonds is 0. The SMILES string of the molecule is CN=C=O.COC#N. The van der Waals surface area contributed by atoms with Crippen molar-refractivity contribution in [2.75, 3.05) is 14.2 Å². The van der Waals surface area contributed by atoms with Crippen molar-refractivity contribution in [3.05, 3.63) is 0 Å². The lowest BCUT2D eigenvalue weighted by Gasteiger charge is -1.61. The van der Waals surface area contributed by atoms with Gasteiger partial charge in [-0.2, -0.15) is 5.26 Å². The van der Waals surface area contributed by atoms with Gasteiger partial charge >= 0.3 is 0 Å². The number of aliphatic imine (C=N–C) groups is 1. The largest absolute Gasteiger partial charge is 0.431 e. The summed E-state index contributed by atoms with van der Waals surface area (Å²) in [5, 5.41) is 7.40.